The molecule has 1 aliphatic heterocycles. The number of aromatic nitrogens is 1. The lowest BCUT2D eigenvalue weighted by molar-refractivity contribution is 0.0734. The number of ether oxygens (including phenoxy) is 2. The van der Waals surface area contributed by atoms with Gasteiger partial charge in [0.15, 0.2) is 11.5 Å². The summed E-state index contributed by atoms with van der Waals surface area (Å²) in [6, 6.07) is 5.26. The fourth-order valence-corrected chi connectivity index (χ4v) is 3.41. The Morgan fingerprint density at radius 2 is 2.00 bits per heavy atom. The Hall–Kier alpha value is -2.50. The molecule has 0 spiro atoms. The first-order valence-electron chi connectivity index (χ1n) is 8.02. The van der Waals surface area contributed by atoms with Gasteiger partial charge in [0.05, 0.1) is 26.0 Å². The van der Waals surface area contributed by atoms with Crippen molar-refractivity contribution in [2.75, 3.05) is 20.8 Å². The van der Waals surface area contributed by atoms with Crippen molar-refractivity contribution in [3.05, 3.63) is 40.8 Å². The van der Waals surface area contributed by atoms with Crippen LogP contribution in [-0.2, 0) is 0 Å². The van der Waals surface area contributed by atoms with Crippen molar-refractivity contribution in [3.8, 4) is 11.5 Å². The van der Waals surface area contributed by atoms with Gasteiger partial charge in [0.1, 0.15) is 5.76 Å². The first kappa shape index (κ1) is 16.4. The fourth-order valence-electron chi connectivity index (χ4n) is 3.41. The number of rotatable bonds is 4. The minimum absolute atomic E-state index is 0.0110. The zero-order valence-corrected chi connectivity index (χ0v) is 14.5. The molecule has 1 unspecified atom stereocenters. The molecular weight excluding hydrogens is 308 g/mol. The van der Waals surface area contributed by atoms with E-state index in [0.29, 0.717) is 17.1 Å². The molecule has 1 aromatic carbocycles. The number of likely N-dealkylation sites (tertiary alicyclic amines) is 1. The number of methoxy groups -OCH3 is 2. The summed E-state index contributed by atoms with van der Waals surface area (Å²) in [6.07, 6.45) is 1.88. The standard InChI is InChI=1S/C18H22N2O4/c1-11-17(12(2)24-19-11)14-6-5-9-20(14)18(21)13-7-8-15(22-3)16(10-13)23-4/h7-8,10,14H,5-6,9H2,1-4H3. The summed E-state index contributed by atoms with van der Waals surface area (Å²) in [7, 11) is 3.14. The van der Waals surface area contributed by atoms with E-state index in [9.17, 15) is 4.79 Å². The van der Waals surface area contributed by atoms with E-state index < -0.39 is 0 Å². The van der Waals surface area contributed by atoms with Crippen LogP contribution in [0.5, 0.6) is 11.5 Å². The van der Waals surface area contributed by atoms with Crippen LogP contribution < -0.4 is 9.47 Å². The molecule has 1 aromatic heterocycles. The molecule has 6 nitrogen and oxygen atoms in total. The molecule has 1 atom stereocenters. The highest BCUT2D eigenvalue weighted by Crippen LogP contribution is 2.37. The van der Waals surface area contributed by atoms with Gasteiger partial charge < -0.3 is 18.9 Å². The van der Waals surface area contributed by atoms with Crippen LogP contribution in [0.15, 0.2) is 22.7 Å². The Balaban J connectivity index is 1.92. The van der Waals surface area contributed by atoms with Crippen LogP contribution in [0, 0.1) is 13.8 Å². The van der Waals surface area contributed by atoms with Gasteiger partial charge in [-0.25, -0.2) is 0 Å². The van der Waals surface area contributed by atoms with Crippen LogP contribution in [-0.4, -0.2) is 36.7 Å². The van der Waals surface area contributed by atoms with Crippen LogP contribution in [0.4, 0.5) is 0 Å². The van der Waals surface area contributed by atoms with Gasteiger partial charge in [0.2, 0.25) is 0 Å². The Morgan fingerprint density at radius 1 is 1.25 bits per heavy atom. The Labute approximate surface area is 141 Å². The van der Waals surface area contributed by atoms with E-state index in [1.54, 1.807) is 32.4 Å². The zero-order valence-electron chi connectivity index (χ0n) is 14.5. The predicted octanol–water partition coefficient (Wildman–Crippen LogP) is 3.29. The van der Waals surface area contributed by atoms with E-state index >= 15 is 0 Å². The van der Waals surface area contributed by atoms with Gasteiger partial charge >= 0.3 is 0 Å². The summed E-state index contributed by atoms with van der Waals surface area (Å²) in [6.45, 7) is 4.54. The minimum Gasteiger partial charge on any atom is -0.493 e. The van der Waals surface area contributed by atoms with Crippen molar-refractivity contribution in [2.24, 2.45) is 0 Å². The molecule has 1 saturated heterocycles. The van der Waals surface area contributed by atoms with E-state index in [1.807, 2.05) is 18.7 Å². The molecule has 0 saturated carbocycles. The molecule has 128 valence electrons. The van der Waals surface area contributed by atoms with E-state index in [0.717, 1.165) is 36.4 Å². The number of carbonyl (C=O) groups excluding carboxylic acids is 1. The maximum absolute atomic E-state index is 13.0. The van der Waals surface area contributed by atoms with Crippen LogP contribution in [0.25, 0.3) is 0 Å². The molecular formula is C18H22N2O4. The van der Waals surface area contributed by atoms with Crippen molar-refractivity contribution < 1.29 is 18.8 Å². The Morgan fingerprint density at radius 3 is 2.62 bits per heavy atom. The molecule has 0 bridgehead atoms. The highest BCUT2D eigenvalue weighted by molar-refractivity contribution is 5.95. The van der Waals surface area contributed by atoms with Crippen LogP contribution in [0.2, 0.25) is 0 Å². The fraction of sp³-hybridized carbons (Fsp3) is 0.444. The SMILES string of the molecule is COc1ccc(C(=O)N2CCCC2c2c(C)noc2C)cc1OC. The number of benzene rings is 1. The second-order valence-electron chi connectivity index (χ2n) is 5.96. The second-order valence-corrected chi connectivity index (χ2v) is 5.96. The molecule has 2 aromatic rings. The molecule has 0 N–H and O–H groups in total. The van der Waals surface area contributed by atoms with Crippen LogP contribution in [0.3, 0.4) is 0 Å². The average Bonchev–Trinajstić information content (AvgIpc) is 3.19. The maximum Gasteiger partial charge on any atom is 0.254 e. The summed E-state index contributed by atoms with van der Waals surface area (Å²) in [5, 5.41) is 4.03. The number of hydrogen-bond donors (Lipinski definition) is 0. The molecule has 0 radical (unpaired) electrons. The predicted molar refractivity (Wildman–Crippen MR) is 88.5 cm³/mol. The summed E-state index contributed by atoms with van der Waals surface area (Å²) in [4.78, 5) is 14.9. The topological polar surface area (TPSA) is 64.8 Å². The van der Waals surface area contributed by atoms with Crippen molar-refractivity contribution in [1.29, 1.82) is 0 Å². The lowest BCUT2D eigenvalue weighted by atomic mass is 10.0. The first-order valence-corrected chi connectivity index (χ1v) is 8.02. The normalized spacial score (nSPS) is 17.2. The molecule has 1 fully saturated rings. The van der Waals surface area contributed by atoms with E-state index in [-0.39, 0.29) is 11.9 Å². The van der Waals surface area contributed by atoms with Gasteiger partial charge in [0.25, 0.3) is 5.91 Å². The van der Waals surface area contributed by atoms with E-state index in [2.05, 4.69) is 5.16 Å². The molecule has 1 aliphatic rings. The summed E-state index contributed by atoms with van der Waals surface area (Å²) >= 11 is 0. The third-order valence-electron chi connectivity index (χ3n) is 4.57. The van der Waals surface area contributed by atoms with Crippen molar-refractivity contribution in [3.63, 3.8) is 0 Å². The molecule has 1 amide bonds. The number of hydrogen-bond acceptors (Lipinski definition) is 5. The minimum atomic E-state index is -0.0153. The second kappa shape index (κ2) is 6.55. The van der Waals surface area contributed by atoms with Crippen LogP contribution in [0.1, 0.15) is 46.3 Å². The molecule has 0 aliphatic carbocycles. The lowest BCUT2D eigenvalue weighted by Gasteiger charge is -2.25. The quantitative estimate of drug-likeness (QED) is 0.861. The van der Waals surface area contributed by atoms with Crippen molar-refractivity contribution >= 4 is 5.91 Å². The lowest BCUT2D eigenvalue weighted by Crippen LogP contribution is -2.31. The third kappa shape index (κ3) is 2.72. The number of nitrogens with zero attached hydrogens (tertiary/aromatic N) is 2. The number of aryl methyl sites for hydroxylation is 2. The smallest absolute Gasteiger partial charge is 0.254 e. The van der Waals surface area contributed by atoms with Crippen molar-refractivity contribution in [1.82, 2.24) is 10.1 Å². The number of carbonyl (C=O) groups is 1. The monoisotopic (exact) mass is 330 g/mol. The highest BCUT2D eigenvalue weighted by Gasteiger charge is 2.34. The molecule has 6 heteroatoms. The molecule has 3 rings (SSSR count). The molecule has 24 heavy (non-hydrogen) atoms. The first-order chi connectivity index (χ1) is 11.6. The summed E-state index contributed by atoms with van der Waals surface area (Å²) in [5.74, 6) is 1.93. The van der Waals surface area contributed by atoms with Gasteiger partial charge in [-0.2, -0.15) is 0 Å². The number of amides is 1. The van der Waals surface area contributed by atoms with Gasteiger partial charge in [-0.1, -0.05) is 5.16 Å². The maximum atomic E-state index is 13.0. The van der Waals surface area contributed by atoms with Gasteiger partial charge in [-0.15, -0.1) is 0 Å². The highest BCUT2D eigenvalue weighted by atomic mass is 16.5. The third-order valence-corrected chi connectivity index (χ3v) is 4.57. The average molecular weight is 330 g/mol. The largest absolute Gasteiger partial charge is 0.493 e. The van der Waals surface area contributed by atoms with Crippen molar-refractivity contribution in [2.45, 2.75) is 32.7 Å². The van der Waals surface area contributed by atoms with Gasteiger partial charge in [-0.05, 0) is 44.9 Å². The Kier molecular flexibility index (Phi) is 4.46. The van der Waals surface area contributed by atoms with E-state index in [4.69, 9.17) is 14.0 Å². The zero-order chi connectivity index (χ0) is 17.3. The summed E-state index contributed by atoms with van der Waals surface area (Å²) < 4.78 is 15.8. The van der Waals surface area contributed by atoms with E-state index in [1.165, 1.54) is 0 Å². The van der Waals surface area contributed by atoms with Crippen LogP contribution >= 0.6 is 0 Å². The molecule has 2 heterocycles. The summed E-state index contributed by atoms with van der Waals surface area (Å²) in [5.41, 5.74) is 2.47. The van der Waals surface area contributed by atoms with Gasteiger partial charge in [-0.3, -0.25) is 4.79 Å². The Bertz CT molecular complexity index is 734. The van der Waals surface area contributed by atoms with Gasteiger partial charge in [0, 0.05) is 17.7 Å².